The molecule has 5 nitrogen and oxygen atoms in total. The largest absolute Gasteiger partial charge is 0.368 e. The molecule has 0 fully saturated rings. The Labute approximate surface area is 100 Å². The van der Waals surface area contributed by atoms with Crippen LogP contribution in [-0.2, 0) is 0 Å². The Balaban J connectivity index is 1.80. The number of amides is 1. The van der Waals surface area contributed by atoms with Crippen LogP contribution in [0.25, 0.3) is 0 Å². The summed E-state index contributed by atoms with van der Waals surface area (Å²) in [4.78, 5) is 10.8. The maximum Gasteiger partial charge on any atom is 0.269 e. The summed E-state index contributed by atoms with van der Waals surface area (Å²) in [6.07, 6.45) is 7.06. The molecule has 0 saturated heterocycles. The highest BCUT2D eigenvalue weighted by Crippen LogP contribution is 2.20. The summed E-state index contributed by atoms with van der Waals surface area (Å²) in [5.41, 5.74) is 6.78. The van der Waals surface area contributed by atoms with Crippen molar-refractivity contribution in [3.8, 4) is 0 Å². The number of anilines is 1. The van der Waals surface area contributed by atoms with Crippen molar-refractivity contribution in [2.75, 3.05) is 11.9 Å². The maximum atomic E-state index is 10.8. The van der Waals surface area contributed by atoms with E-state index in [2.05, 4.69) is 21.6 Å². The molecule has 0 aliphatic heterocycles. The molecule has 1 aromatic heterocycles. The van der Waals surface area contributed by atoms with Crippen LogP contribution < -0.4 is 11.1 Å². The smallest absolute Gasteiger partial charge is 0.269 e. The molecule has 1 heterocycles. The second-order valence-electron chi connectivity index (χ2n) is 4.10. The predicted octanol–water partition coefficient (Wildman–Crippen LogP) is 1.49. The number of hydrogen-bond donors (Lipinski definition) is 2. The summed E-state index contributed by atoms with van der Waals surface area (Å²) < 4.78 is 0. The molecule has 0 spiro atoms. The highest BCUT2D eigenvalue weighted by molar-refractivity contribution is 5.90. The summed E-state index contributed by atoms with van der Waals surface area (Å²) in [6, 6.07) is 3.29. The molecule has 0 unspecified atom stereocenters. The Hall–Kier alpha value is -1.91. The fraction of sp³-hybridized carbons (Fsp3) is 0.417. The zero-order valence-electron chi connectivity index (χ0n) is 9.65. The second kappa shape index (κ2) is 5.43. The van der Waals surface area contributed by atoms with Crippen LogP contribution in [-0.4, -0.2) is 22.6 Å². The molecule has 0 aromatic carbocycles. The zero-order chi connectivity index (χ0) is 12.1. The Kier molecular flexibility index (Phi) is 3.69. The van der Waals surface area contributed by atoms with Gasteiger partial charge in [0.2, 0.25) is 0 Å². The molecule has 0 saturated carbocycles. The van der Waals surface area contributed by atoms with Gasteiger partial charge >= 0.3 is 0 Å². The van der Waals surface area contributed by atoms with Gasteiger partial charge in [0.25, 0.3) is 5.91 Å². The highest BCUT2D eigenvalue weighted by Gasteiger charge is 2.05. The van der Waals surface area contributed by atoms with Crippen molar-refractivity contribution in [1.29, 1.82) is 0 Å². The molecular formula is C12H16N4O. The van der Waals surface area contributed by atoms with Crippen LogP contribution in [0.4, 0.5) is 5.82 Å². The van der Waals surface area contributed by atoms with Gasteiger partial charge in [0.15, 0.2) is 5.69 Å². The number of nitrogens with two attached hydrogens (primary N) is 1. The molecule has 90 valence electrons. The summed E-state index contributed by atoms with van der Waals surface area (Å²) in [5.74, 6) is 0.119. The third-order valence-corrected chi connectivity index (χ3v) is 2.80. The summed E-state index contributed by atoms with van der Waals surface area (Å²) in [5, 5.41) is 10.8. The van der Waals surface area contributed by atoms with Crippen LogP contribution >= 0.6 is 0 Å². The Morgan fingerprint density at radius 3 is 2.88 bits per heavy atom. The molecule has 17 heavy (non-hydrogen) atoms. The van der Waals surface area contributed by atoms with Crippen molar-refractivity contribution in [3.63, 3.8) is 0 Å². The van der Waals surface area contributed by atoms with E-state index in [-0.39, 0.29) is 5.69 Å². The third kappa shape index (κ3) is 3.27. The van der Waals surface area contributed by atoms with Crippen LogP contribution in [0.1, 0.15) is 36.2 Å². The van der Waals surface area contributed by atoms with Crippen molar-refractivity contribution in [2.45, 2.75) is 25.7 Å². The molecule has 1 amide bonds. The van der Waals surface area contributed by atoms with E-state index in [1.54, 1.807) is 12.1 Å². The molecule has 0 atom stereocenters. The number of nitrogens with one attached hydrogen (secondary N) is 1. The first-order valence-electron chi connectivity index (χ1n) is 5.81. The first-order valence-corrected chi connectivity index (χ1v) is 5.81. The number of allylic oxidation sites excluding steroid dienone is 1. The fourth-order valence-electron chi connectivity index (χ4n) is 1.87. The van der Waals surface area contributed by atoms with E-state index in [0.29, 0.717) is 5.82 Å². The number of primary amides is 1. The normalized spacial score (nSPS) is 14.5. The van der Waals surface area contributed by atoms with Gasteiger partial charge in [-0.3, -0.25) is 4.79 Å². The maximum absolute atomic E-state index is 10.8. The minimum Gasteiger partial charge on any atom is -0.368 e. The van der Waals surface area contributed by atoms with Gasteiger partial charge in [-0.1, -0.05) is 11.6 Å². The van der Waals surface area contributed by atoms with E-state index in [1.807, 2.05) is 0 Å². The summed E-state index contributed by atoms with van der Waals surface area (Å²) >= 11 is 0. The average Bonchev–Trinajstić information content (AvgIpc) is 2.83. The van der Waals surface area contributed by atoms with Crippen LogP contribution in [0.5, 0.6) is 0 Å². The van der Waals surface area contributed by atoms with Crippen molar-refractivity contribution in [3.05, 3.63) is 29.5 Å². The number of nitrogens with zero attached hydrogens (tertiary/aromatic N) is 2. The van der Waals surface area contributed by atoms with Gasteiger partial charge < -0.3 is 11.1 Å². The molecule has 2 rings (SSSR count). The van der Waals surface area contributed by atoms with E-state index in [0.717, 1.165) is 13.0 Å². The van der Waals surface area contributed by atoms with Gasteiger partial charge in [0.05, 0.1) is 0 Å². The second-order valence-corrected chi connectivity index (χ2v) is 4.10. The summed E-state index contributed by atoms with van der Waals surface area (Å²) in [7, 11) is 0. The molecule has 1 aliphatic rings. The minimum absolute atomic E-state index is 0.189. The Bertz CT molecular complexity index is 425. The standard InChI is InChI=1S/C12H16N4O/c13-12(17)10-5-6-11(16-15-10)14-8-7-9-3-1-2-4-9/h3,5-6H,1-2,4,7-8H2,(H2,13,17)(H,14,16). The van der Waals surface area contributed by atoms with Crippen molar-refractivity contribution in [1.82, 2.24) is 10.2 Å². The fourth-order valence-corrected chi connectivity index (χ4v) is 1.87. The summed E-state index contributed by atoms with van der Waals surface area (Å²) in [6.45, 7) is 0.844. The third-order valence-electron chi connectivity index (χ3n) is 2.80. The first kappa shape index (κ1) is 11.6. The number of carbonyl (C=O) groups excluding carboxylic acids is 1. The SMILES string of the molecule is NC(=O)c1ccc(NCCC2=CCCC2)nn1. The lowest BCUT2D eigenvalue weighted by molar-refractivity contribution is 0.0994. The quantitative estimate of drug-likeness (QED) is 0.753. The van der Waals surface area contributed by atoms with Crippen LogP contribution in [0.15, 0.2) is 23.8 Å². The number of aromatic nitrogens is 2. The lowest BCUT2D eigenvalue weighted by atomic mass is 10.2. The first-order chi connectivity index (χ1) is 8.25. The van der Waals surface area contributed by atoms with Gasteiger partial charge in [-0.05, 0) is 37.8 Å². The molecule has 1 aliphatic carbocycles. The van der Waals surface area contributed by atoms with Gasteiger partial charge in [-0.25, -0.2) is 0 Å². The van der Waals surface area contributed by atoms with E-state index in [1.165, 1.54) is 24.8 Å². The molecule has 1 aromatic rings. The molecule has 0 radical (unpaired) electrons. The van der Waals surface area contributed by atoms with Crippen LogP contribution in [0.3, 0.4) is 0 Å². The minimum atomic E-state index is -0.555. The van der Waals surface area contributed by atoms with Gasteiger partial charge in [-0.15, -0.1) is 10.2 Å². The monoisotopic (exact) mass is 232 g/mol. The lowest BCUT2D eigenvalue weighted by Crippen LogP contribution is -2.14. The van der Waals surface area contributed by atoms with Crippen LogP contribution in [0.2, 0.25) is 0 Å². The highest BCUT2D eigenvalue weighted by atomic mass is 16.1. The van der Waals surface area contributed by atoms with Gasteiger partial charge in [-0.2, -0.15) is 0 Å². The topological polar surface area (TPSA) is 80.9 Å². The lowest BCUT2D eigenvalue weighted by Gasteiger charge is -2.05. The molecule has 3 N–H and O–H groups in total. The molecular weight excluding hydrogens is 216 g/mol. The Morgan fingerprint density at radius 2 is 2.29 bits per heavy atom. The van der Waals surface area contributed by atoms with Crippen molar-refractivity contribution < 1.29 is 4.79 Å². The van der Waals surface area contributed by atoms with Crippen molar-refractivity contribution >= 4 is 11.7 Å². The van der Waals surface area contributed by atoms with Crippen LogP contribution in [0, 0.1) is 0 Å². The molecule has 5 heteroatoms. The van der Waals surface area contributed by atoms with Crippen molar-refractivity contribution in [2.24, 2.45) is 5.73 Å². The van der Waals surface area contributed by atoms with E-state index < -0.39 is 5.91 Å². The van der Waals surface area contributed by atoms with Gasteiger partial charge in [0, 0.05) is 6.54 Å². The zero-order valence-corrected chi connectivity index (χ0v) is 9.65. The Morgan fingerprint density at radius 1 is 1.41 bits per heavy atom. The van der Waals surface area contributed by atoms with E-state index >= 15 is 0 Å². The van der Waals surface area contributed by atoms with E-state index in [4.69, 9.17) is 5.73 Å². The molecule has 0 bridgehead atoms. The van der Waals surface area contributed by atoms with E-state index in [9.17, 15) is 4.79 Å². The number of hydrogen-bond acceptors (Lipinski definition) is 4. The average molecular weight is 232 g/mol. The number of rotatable bonds is 5. The van der Waals surface area contributed by atoms with Gasteiger partial charge in [0.1, 0.15) is 5.82 Å². The number of carbonyl (C=O) groups is 1. The predicted molar refractivity (Wildman–Crippen MR) is 65.6 cm³/mol.